The van der Waals surface area contributed by atoms with Gasteiger partial charge >= 0.3 is 0 Å². The monoisotopic (exact) mass is 402 g/mol. The van der Waals surface area contributed by atoms with Crippen molar-refractivity contribution < 1.29 is 28.7 Å². The van der Waals surface area contributed by atoms with E-state index < -0.39 is 0 Å². The number of quaternary nitrogens is 1. The third-order valence-electron chi connectivity index (χ3n) is 4.37. The quantitative estimate of drug-likeness (QED) is 0.556. The molecule has 0 aliphatic rings. The Morgan fingerprint density at radius 2 is 1.45 bits per heavy atom. The van der Waals surface area contributed by atoms with Crippen LogP contribution in [-0.4, -0.2) is 52.8 Å². The van der Waals surface area contributed by atoms with Crippen molar-refractivity contribution in [3.8, 4) is 17.2 Å². The number of benzene rings is 2. The summed E-state index contributed by atoms with van der Waals surface area (Å²) in [4.78, 5) is 25.6. The standard InChI is InChI=1S/C21H27N3O5/c1-5-24(14-21(26)23-16-8-6-7-9-17(16)27-2)13-20(25)22-15-10-11-18(28-3)19(12-15)29-4/h6-12H,5,13-14H2,1-4H3,(H,22,25)(H,23,26)/p+1. The molecule has 0 bridgehead atoms. The van der Waals surface area contributed by atoms with Crippen molar-refractivity contribution in [1.82, 2.24) is 0 Å². The van der Waals surface area contributed by atoms with Gasteiger partial charge in [-0.2, -0.15) is 0 Å². The molecule has 29 heavy (non-hydrogen) atoms. The fourth-order valence-electron chi connectivity index (χ4n) is 2.83. The van der Waals surface area contributed by atoms with Crippen molar-refractivity contribution >= 4 is 23.2 Å². The zero-order chi connectivity index (χ0) is 21.2. The van der Waals surface area contributed by atoms with E-state index >= 15 is 0 Å². The molecule has 1 unspecified atom stereocenters. The van der Waals surface area contributed by atoms with Crippen molar-refractivity contribution in [2.45, 2.75) is 6.92 Å². The van der Waals surface area contributed by atoms with E-state index in [0.717, 1.165) is 4.90 Å². The molecular weight excluding hydrogens is 374 g/mol. The van der Waals surface area contributed by atoms with Crippen LogP contribution in [0.4, 0.5) is 11.4 Å². The lowest BCUT2D eigenvalue weighted by Crippen LogP contribution is -3.13. The first-order valence-electron chi connectivity index (χ1n) is 9.29. The maximum atomic E-state index is 12.4. The number of hydrogen-bond donors (Lipinski definition) is 3. The molecule has 0 fully saturated rings. The first kappa shape index (κ1) is 22.0. The highest BCUT2D eigenvalue weighted by atomic mass is 16.5. The molecule has 8 nitrogen and oxygen atoms in total. The second-order valence-electron chi connectivity index (χ2n) is 6.32. The predicted molar refractivity (Wildman–Crippen MR) is 111 cm³/mol. The van der Waals surface area contributed by atoms with Gasteiger partial charge in [-0.15, -0.1) is 0 Å². The van der Waals surface area contributed by atoms with E-state index in [1.165, 1.54) is 7.11 Å². The number of carbonyl (C=O) groups is 2. The van der Waals surface area contributed by atoms with E-state index in [1.807, 2.05) is 19.1 Å². The summed E-state index contributed by atoms with van der Waals surface area (Å²) in [7, 11) is 4.63. The maximum absolute atomic E-state index is 12.4. The number of para-hydroxylation sites is 2. The molecule has 3 N–H and O–H groups in total. The van der Waals surface area contributed by atoms with Crippen LogP contribution < -0.4 is 29.7 Å². The first-order chi connectivity index (χ1) is 14.0. The van der Waals surface area contributed by atoms with Crippen molar-refractivity contribution in [2.24, 2.45) is 0 Å². The summed E-state index contributed by atoms with van der Waals surface area (Å²) in [6, 6.07) is 12.3. The predicted octanol–water partition coefficient (Wildman–Crippen LogP) is 1.19. The second-order valence-corrected chi connectivity index (χ2v) is 6.32. The van der Waals surface area contributed by atoms with Gasteiger partial charge in [-0.05, 0) is 31.2 Å². The van der Waals surface area contributed by atoms with Gasteiger partial charge in [0.25, 0.3) is 11.8 Å². The number of likely N-dealkylation sites (N-methyl/N-ethyl adjacent to an activating group) is 1. The Balaban J connectivity index is 1.93. The third-order valence-corrected chi connectivity index (χ3v) is 4.37. The van der Waals surface area contributed by atoms with Crippen molar-refractivity contribution in [3.05, 3.63) is 42.5 Å². The Kier molecular flexibility index (Phi) is 8.29. The normalized spacial score (nSPS) is 11.3. The van der Waals surface area contributed by atoms with Gasteiger partial charge in [-0.25, -0.2) is 0 Å². The Bertz CT molecular complexity index is 841. The molecule has 0 aliphatic carbocycles. The SMILES string of the molecule is CC[NH+](CC(=O)Nc1ccc(OC)c(OC)c1)CC(=O)Nc1ccccc1OC. The number of rotatable bonds is 10. The average Bonchev–Trinajstić information content (AvgIpc) is 2.73. The van der Waals surface area contributed by atoms with Crippen LogP contribution in [0.3, 0.4) is 0 Å². The minimum atomic E-state index is -0.195. The highest BCUT2D eigenvalue weighted by Gasteiger charge is 2.18. The van der Waals surface area contributed by atoms with E-state index in [0.29, 0.717) is 35.2 Å². The van der Waals surface area contributed by atoms with Crippen LogP contribution in [0.25, 0.3) is 0 Å². The number of anilines is 2. The molecular formula is C21H28N3O5+. The average molecular weight is 402 g/mol. The molecule has 1 atom stereocenters. The summed E-state index contributed by atoms with van der Waals surface area (Å²) < 4.78 is 15.7. The number of amides is 2. The summed E-state index contributed by atoms with van der Waals surface area (Å²) >= 11 is 0. The van der Waals surface area contributed by atoms with Crippen LogP contribution in [0.2, 0.25) is 0 Å². The lowest BCUT2D eigenvalue weighted by molar-refractivity contribution is -0.881. The van der Waals surface area contributed by atoms with E-state index in [4.69, 9.17) is 14.2 Å². The van der Waals surface area contributed by atoms with Gasteiger partial charge in [0.2, 0.25) is 0 Å². The summed E-state index contributed by atoms with van der Waals surface area (Å²) in [6.07, 6.45) is 0. The number of carbonyl (C=O) groups excluding carboxylic acids is 2. The lowest BCUT2D eigenvalue weighted by Gasteiger charge is -2.18. The van der Waals surface area contributed by atoms with Gasteiger partial charge in [-0.3, -0.25) is 9.59 Å². The molecule has 2 aromatic rings. The minimum absolute atomic E-state index is 0.157. The second kappa shape index (κ2) is 10.9. The molecule has 2 aromatic carbocycles. The van der Waals surface area contributed by atoms with Crippen LogP contribution in [0.5, 0.6) is 17.2 Å². The molecule has 2 rings (SSSR count). The fraction of sp³-hybridized carbons (Fsp3) is 0.333. The van der Waals surface area contributed by atoms with Crippen LogP contribution in [0.15, 0.2) is 42.5 Å². The van der Waals surface area contributed by atoms with Gasteiger partial charge in [0.1, 0.15) is 5.75 Å². The van der Waals surface area contributed by atoms with Gasteiger partial charge in [0.05, 0.1) is 33.6 Å². The van der Waals surface area contributed by atoms with Crippen LogP contribution in [-0.2, 0) is 9.59 Å². The summed E-state index contributed by atoms with van der Waals surface area (Å²) in [6.45, 7) is 2.87. The van der Waals surface area contributed by atoms with E-state index in [2.05, 4.69) is 10.6 Å². The van der Waals surface area contributed by atoms with Gasteiger partial charge < -0.3 is 29.7 Å². The first-order valence-corrected chi connectivity index (χ1v) is 9.29. The number of methoxy groups -OCH3 is 3. The largest absolute Gasteiger partial charge is 0.495 e. The van der Waals surface area contributed by atoms with Crippen LogP contribution >= 0.6 is 0 Å². The Labute approximate surface area is 170 Å². The number of ether oxygens (including phenoxy) is 3. The topological polar surface area (TPSA) is 90.3 Å². The number of hydrogen-bond acceptors (Lipinski definition) is 5. The smallest absolute Gasteiger partial charge is 0.279 e. The molecule has 0 radical (unpaired) electrons. The van der Waals surface area contributed by atoms with Gasteiger partial charge in [0.15, 0.2) is 24.6 Å². The molecule has 0 spiro atoms. The Hall–Kier alpha value is -3.26. The molecule has 156 valence electrons. The van der Waals surface area contributed by atoms with E-state index in [9.17, 15) is 9.59 Å². The zero-order valence-corrected chi connectivity index (χ0v) is 17.2. The van der Waals surface area contributed by atoms with E-state index in [1.54, 1.807) is 44.6 Å². The molecule has 0 aliphatic heterocycles. The molecule has 2 amide bonds. The zero-order valence-electron chi connectivity index (χ0n) is 17.2. The molecule has 0 aromatic heterocycles. The maximum Gasteiger partial charge on any atom is 0.279 e. The third kappa shape index (κ3) is 6.39. The summed E-state index contributed by atoms with van der Waals surface area (Å²) in [5.74, 6) is 1.31. The molecule has 0 heterocycles. The van der Waals surface area contributed by atoms with Crippen molar-refractivity contribution in [2.75, 3.05) is 51.6 Å². The molecule has 0 saturated carbocycles. The van der Waals surface area contributed by atoms with Crippen LogP contribution in [0.1, 0.15) is 6.92 Å². The van der Waals surface area contributed by atoms with E-state index in [-0.39, 0.29) is 24.9 Å². The molecule has 8 heteroatoms. The Morgan fingerprint density at radius 3 is 2.07 bits per heavy atom. The van der Waals surface area contributed by atoms with Gasteiger partial charge in [-0.1, -0.05) is 12.1 Å². The van der Waals surface area contributed by atoms with Gasteiger partial charge in [0, 0.05) is 11.8 Å². The fourth-order valence-corrected chi connectivity index (χ4v) is 2.83. The van der Waals surface area contributed by atoms with Crippen molar-refractivity contribution in [3.63, 3.8) is 0 Å². The summed E-state index contributed by atoms with van der Waals surface area (Å²) in [5.41, 5.74) is 1.20. The highest BCUT2D eigenvalue weighted by Crippen LogP contribution is 2.29. The highest BCUT2D eigenvalue weighted by molar-refractivity contribution is 5.94. The lowest BCUT2D eigenvalue weighted by atomic mass is 10.2. The molecule has 0 saturated heterocycles. The summed E-state index contributed by atoms with van der Waals surface area (Å²) in [5, 5.41) is 5.66. The number of nitrogens with one attached hydrogen (secondary N) is 3. The Morgan fingerprint density at radius 1 is 0.828 bits per heavy atom. The minimum Gasteiger partial charge on any atom is -0.495 e. The van der Waals surface area contributed by atoms with Crippen molar-refractivity contribution in [1.29, 1.82) is 0 Å². The van der Waals surface area contributed by atoms with Crippen LogP contribution in [0, 0.1) is 0 Å².